The SMILES string of the molecule is CCC(CO)c1csc(-c2cc(C)ccc2C)n1. The molecule has 0 saturated carbocycles. The molecule has 0 aliphatic rings. The molecule has 3 heteroatoms. The summed E-state index contributed by atoms with van der Waals surface area (Å²) in [5.74, 6) is 0.167. The van der Waals surface area contributed by atoms with E-state index < -0.39 is 0 Å². The van der Waals surface area contributed by atoms with Crippen molar-refractivity contribution in [2.24, 2.45) is 0 Å². The molecule has 1 N–H and O–H groups in total. The first-order valence-corrected chi connectivity index (χ1v) is 7.17. The molecular weight excluding hydrogens is 242 g/mol. The molecule has 18 heavy (non-hydrogen) atoms. The highest BCUT2D eigenvalue weighted by atomic mass is 32.1. The van der Waals surface area contributed by atoms with Crippen molar-refractivity contribution in [2.45, 2.75) is 33.1 Å². The second-order valence-corrected chi connectivity index (χ2v) is 5.54. The van der Waals surface area contributed by atoms with Gasteiger partial charge in [-0.1, -0.05) is 24.6 Å². The van der Waals surface area contributed by atoms with Crippen LogP contribution in [0.5, 0.6) is 0 Å². The Labute approximate surface area is 112 Å². The van der Waals surface area contributed by atoms with Gasteiger partial charge < -0.3 is 5.11 Å². The van der Waals surface area contributed by atoms with Crippen LogP contribution in [0.1, 0.15) is 36.1 Å². The quantitative estimate of drug-likeness (QED) is 0.905. The number of aryl methyl sites for hydroxylation is 2. The van der Waals surface area contributed by atoms with Gasteiger partial charge in [0.05, 0.1) is 12.3 Å². The zero-order valence-electron chi connectivity index (χ0n) is 11.1. The molecule has 96 valence electrons. The molecule has 1 aromatic carbocycles. The average molecular weight is 261 g/mol. The van der Waals surface area contributed by atoms with E-state index in [9.17, 15) is 5.11 Å². The third-order valence-electron chi connectivity index (χ3n) is 3.28. The largest absolute Gasteiger partial charge is 0.396 e. The highest BCUT2D eigenvalue weighted by Gasteiger charge is 2.14. The van der Waals surface area contributed by atoms with Crippen molar-refractivity contribution in [2.75, 3.05) is 6.61 Å². The van der Waals surface area contributed by atoms with Crippen LogP contribution in [-0.2, 0) is 0 Å². The lowest BCUT2D eigenvalue weighted by molar-refractivity contribution is 0.260. The van der Waals surface area contributed by atoms with Crippen LogP contribution < -0.4 is 0 Å². The van der Waals surface area contributed by atoms with Crippen molar-refractivity contribution in [3.8, 4) is 10.6 Å². The highest BCUT2D eigenvalue weighted by Crippen LogP contribution is 2.30. The molecule has 0 aliphatic carbocycles. The number of hydrogen-bond donors (Lipinski definition) is 1. The molecule has 1 atom stereocenters. The van der Waals surface area contributed by atoms with Crippen molar-refractivity contribution in [1.29, 1.82) is 0 Å². The maximum absolute atomic E-state index is 9.32. The van der Waals surface area contributed by atoms with Gasteiger partial charge >= 0.3 is 0 Å². The van der Waals surface area contributed by atoms with Gasteiger partial charge in [-0.25, -0.2) is 4.98 Å². The first-order chi connectivity index (χ1) is 8.65. The van der Waals surface area contributed by atoms with E-state index in [0.29, 0.717) is 0 Å². The summed E-state index contributed by atoms with van der Waals surface area (Å²) >= 11 is 1.66. The molecule has 0 saturated heterocycles. The summed E-state index contributed by atoms with van der Waals surface area (Å²) in [5, 5.41) is 12.4. The van der Waals surface area contributed by atoms with E-state index in [1.807, 2.05) is 0 Å². The van der Waals surface area contributed by atoms with Gasteiger partial charge in [-0.15, -0.1) is 11.3 Å². The predicted molar refractivity (Wildman–Crippen MR) is 77.1 cm³/mol. The fourth-order valence-electron chi connectivity index (χ4n) is 2.00. The molecule has 0 spiro atoms. The summed E-state index contributed by atoms with van der Waals surface area (Å²) in [6.45, 7) is 6.46. The molecule has 0 radical (unpaired) electrons. The van der Waals surface area contributed by atoms with Gasteiger partial charge in [0, 0.05) is 16.9 Å². The van der Waals surface area contributed by atoms with Crippen LogP contribution >= 0.6 is 11.3 Å². The van der Waals surface area contributed by atoms with Crippen LogP contribution in [-0.4, -0.2) is 16.7 Å². The van der Waals surface area contributed by atoms with Gasteiger partial charge in [0.25, 0.3) is 0 Å². The summed E-state index contributed by atoms with van der Waals surface area (Å²) in [7, 11) is 0. The van der Waals surface area contributed by atoms with Gasteiger partial charge in [-0.3, -0.25) is 0 Å². The Morgan fingerprint density at radius 1 is 1.33 bits per heavy atom. The third-order valence-corrected chi connectivity index (χ3v) is 4.17. The molecule has 0 bridgehead atoms. The molecule has 1 heterocycles. The fourth-order valence-corrected chi connectivity index (χ4v) is 2.98. The number of rotatable bonds is 4. The second kappa shape index (κ2) is 5.63. The lowest BCUT2D eigenvalue weighted by Gasteiger charge is -2.07. The number of nitrogens with zero attached hydrogens (tertiary/aromatic N) is 1. The third kappa shape index (κ3) is 2.62. The summed E-state index contributed by atoms with van der Waals surface area (Å²) in [6.07, 6.45) is 0.923. The summed E-state index contributed by atoms with van der Waals surface area (Å²) in [5.41, 5.74) is 4.72. The van der Waals surface area contributed by atoms with Crippen LogP contribution in [0.2, 0.25) is 0 Å². The number of hydrogen-bond acceptors (Lipinski definition) is 3. The minimum atomic E-state index is 0.167. The summed E-state index contributed by atoms with van der Waals surface area (Å²) in [6, 6.07) is 6.43. The van der Waals surface area contributed by atoms with Crippen LogP contribution in [0, 0.1) is 13.8 Å². The molecule has 0 amide bonds. The van der Waals surface area contributed by atoms with Crippen molar-refractivity contribution >= 4 is 11.3 Å². The molecule has 0 fully saturated rings. The Hall–Kier alpha value is -1.19. The standard InChI is InChI=1S/C15H19NOS/c1-4-12(8-17)14-9-18-15(16-14)13-7-10(2)5-6-11(13)3/h5-7,9,12,17H,4,8H2,1-3H3. The van der Waals surface area contributed by atoms with Crippen molar-refractivity contribution in [3.05, 3.63) is 40.4 Å². The molecule has 1 unspecified atom stereocenters. The van der Waals surface area contributed by atoms with Crippen LogP contribution in [0.3, 0.4) is 0 Å². The van der Waals surface area contributed by atoms with E-state index in [-0.39, 0.29) is 12.5 Å². The van der Waals surface area contributed by atoms with Crippen molar-refractivity contribution in [3.63, 3.8) is 0 Å². The minimum absolute atomic E-state index is 0.167. The van der Waals surface area contributed by atoms with E-state index in [1.165, 1.54) is 16.7 Å². The van der Waals surface area contributed by atoms with Crippen LogP contribution in [0.4, 0.5) is 0 Å². The lowest BCUT2D eigenvalue weighted by Crippen LogP contribution is -2.02. The minimum Gasteiger partial charge on any atom is -0.396 e. The second-order valence-electron chi connectivity index (χ2n) is 4.68. The Kier molecular flexibility index (Phi) is 4.15. The maximum atomic E-state index is 9.32. The Morgan fingerprint density at radius 2 is 2.11 bits per heavy atom. The molecule has 2 nitrogen and oxygen atoms in total. The Balaban J connectivity index is 2.37. The Morgan fingerprint density at radius 3 is 2.78 bits per heavy atom. The molecular formula is C15H19NOS. The molecule has 2 rings (SSSR count). The number of benzene rings is 1. The zero-order chi connectivity index (χ0) is 13.1. The van der Waals surface area contributed by atoms with Gasteiger partial charge in [0.15, 0.2) is 0 Å². The zero-order valence-corrected chi connectivity index (χ0v) is 11.9. The summed E-state index contributed by atoms with van der Waals surface area (Å²) in [4.78, 5) is 4.68. The van der Waals surface area contributed by atoms with E-state index in [0.717, 1.165) is 17.1 Å². The monoisotopic (exact) mass is 261 g/mol. The predicted octanol–water partition coefficient (Wildman–Crippen LogP) is 3.91. The van der Waals surface area contributed by atoms with Crippen LogP contribution in [0.15, 0.2) is 23.6 Å². The fraction of sp³-hybridized carbons (Fsp3) is 0.400. The molecule has 0 aliphatic heterocycles. The van der Waals surface area contributed by atoms with E-state index in [2.05, 4.69) is 49.3 Å². The first-order valence-electron chi connectivity index (χ1n) is 6.29. The van der Waals surface area contributed by atoms with Crippen LogP contribution in [0.25, 0.3) is 10.6 Å². The van der Waals surface area contributed by atoms with Gasteiger partial charge in [-0.05, 0) is 31.9 Å². The van der Waals surface area contributed by atoms with Crippen molar-refractivity contribution < 1.29 is 5.11 Å². The van der Waals surface area contributed by atoms with Gasteiger partial charge in [0.1, 0.15) is 5.01 Å². The molecule has 2 aromatic rings. The van der Waals surface area contributed by atoms with E-state index in [1.54, 1.807) is 11.3 Å². The van der Waals surface area contributed by atoms with E-state index >= 15 is 0 Å². The number of thiazole rings is 1. The topological polar surface area (TPSA) is 33.1 Å². The lowest BCUT2D eigenvalue weighted by atomic mass is 10.0. The number of aliphatic hydroxyl groups excluding tert-OH is 1. The van der Waals surface area contributed by atoms with Crippen molar-refractivity contribution in [1.82, 2.24) is 4.98 Å². The maximum Gasteiger partial charge on any atom is 0.123 e. The normalized spacial score (nSPS) is 12.7. The molecule has 1 aromatic heterocycles. The van der Waals surface area contributed by atoms with E-state index in [4.69, 9.17) is 0 Å². The average Bonchev–Trinajstić information content (AvgIpc) is 2.83. The Bertz CT molecular complexity index is 529. The van der Waals surface area contributed by atoms with Gasteiger partial charge in [0.2, 0.25) is 0 Å². The highest BCUT2D eigenvalue weighted by molar-refractivity contribution is 7.13. The number of aliphatic hydroxyl groups is 1. The smallest absolute Gasteiger partial charge is 0.123 e. The number of aromatic nitrogens is 1. The summed E-state index contributed by atoms with van der Waals surface area (Å²) < 4.78 is 0. The van der Waals surface area contributed by atoms with Gasteiger partial charge in [-0.2, -0.15) is 0 Å². The first kappa shape index (κ1) is 13.2.